The van der Waals surface area contributed by atoms with Crippen molar-refractivity contribution in [3.63, 3.8) is 0 Å². The summed E-state index contributed by atoms with van der Waals surface area (Å²) in [6.45, 7) is 8.50. The first-order chi connectivity index (χ1) is 18.1. The van der Waals surface area contributed by atoms with Crippen molar-refractivity contribution in [2.24, 2.45) is 22.7 Å². The smallest absolute Gasteiger partial charge is 0.335 e. The van der Waals surface area contributed by atoms with Crippen LogP contribution in [0.4, 0.5) is 0 Å². The average Bonchev–Trinajstić information content (AvgIpc) is 3.60. The second-order valence-corrected chi connectivity index (χ2v) is 13.9. The molecule has 2 saturated heterocycles. The minimum absolute atomic E-state index is 0.0843. The van der Waals surface area contributed by atoms with Crippen molar-refractivity contribution in [3.05, 3.63) is 34.4 Å². The Morgan fingerprint density at radius 1 is 1.03 bits per heavy atom. The van der Waals surface area contributed by atoms with Crippen LogP contribution in [0.25, 0.3) is 0 Å². The van der Waals surface area contributed by atoms with Crippen molar-refractivity contribution < 1.29 is 23.8 Å². The van der Waals surface area contributed by atoms with Crippen LogP contribution in [0.2, 0.25) is 0 Å². The third-order valence-electron chi connectivity index (χ3n) is 12.5. The van der Waals surface area contributed by atoms with Gasteiger partial charge in [0.25, 0.3) is 0 Å². The molecule has 7 rings (SSSR count). The summed E-state index contributed by atoms with van der Waals surface area (Å²) in [5, 5.41) is 12.3. The summed E-state index contributed by atoms with van der Waals surface area (Å²) in [6.07, 6.45) is 11.8. The number of epoxide rings is 1. The molecule has 38 heavy (non-hydrogen) atoms. The third-order valence-corrected chi connectivity index (χ3v) is 12.5. The summed E-state index contributed by atoms with van der Waals surface area (Å²) in [5.41, 5.74) is -0.850. The molecular formula is C31H43NO6. The van der Waals surface area contributed by atoms with Crippen molar-refractivity contribution in [2.45, 2.75) is 120 Å². The van der Waals surface area contributed by atoms with E-state index < -0.39 is 11.7 Å². The Hall–Kier alpha value is -1.70. The first-order valence-electron chi connectivity index (χ1n) is 15.0. The maximum absolute atomic E-state index is 12.3. The molecule has 1 aromatic rings. The summed E-state index contributed by atoms with van der Waals surface area (Å²) >= 11 is 0. The van der Waals surface area contributed by atoms with E-state index in [1.165, 1.54) is 51.8 Å². The molecule has 208 valence electrons. The second-order valence-electron chi connectivity index (χ2n) is 13.9. The van der Waals surface area contributed by atoms with Crippen molar-refractivity contribution >= 4 is 5.97 Å². The first-order valence-corrected chi connectivity index (χ1v) is 15.0. The van der Waals surface area contributed by atoms with Gasteiger partial charge in [-0.2, -0.15) is 0 Å². The largest absolute Gasteiger partial charge is 0.459 e. The fourth-order valence-electron chi connectivity index (χ4n) is 10.7. The predicted octanol–water partition coefficient (Wildman–Crippen LogP) is 4.41. The number of piperidine rings is 1. The molecule has 1 N–H and O–H groups in total. The Balaban J connectivity index is 1.21. The van der Waals surface area contributed by atoms with Crippen LogP contribution >= 0.6 is 0 Å². The standard InChI is InChI=1S/C31H43NO6/c1-19(33)37-26-25(20-7-8-24(34)36-18-20)29(3)13-10-22-23(31(29)27(26)38-31)11-14-30(35)17-21(9-12-28(22,30)2)32-15-5-4-6-16-32/h7-8,18,21-23,25-27,35H,4-6,9-17H2,1-3H3/t21-,22-,23+,25-,26+,27+,28+,29+,30-,31+/m0/s1. The molecule has 0 amide bonds. The molecule has 10 atom stereocenters. The van der Waals surface area contributed by atoms with Gasteiger partial charge >= 0.3 is 11.6 Å². The monoisotopic (exact) mass is 525 g/mol. The number of likely N-dealkylation sites (tertiary alicyclic amines) is 1. The molecule has 0 aromatic carbocycles. The zero-order valence-electron chi connectivity index (χ0n) is 23.1. The van der Waals surface area contributed by atoms with Gasteiger partial charge in [0.1, 0.15) is 17.8 Å². The van der Waals surface area contributed by atoms with Crippen LogP contribution in [-0.4, -0.2) is 58.5 Å². The van der Waals surface area contributed by atoms with Crippen LogP contribution in [-0.2, 0) is 14.3 Å². The van der Waals surface area contributed by atoms with E-state index in [0.717, 1.165) is 44.1 Å². The van der Waals surface area contributed by atoms with E-state index in [0.29, 0.717) is 17.9 Å². The molecule has 4 aliphatic carbocycles. The van der Waals surface area contributed by atoms with Crippen molar-refractivity contribution in [1.29, 1.82) is 0 Å². The van der Waals surface area contributed by atoms with Gasteiger partial charge < -0.3 is 23.9 Å². The fraction of sp³-hybridized carbons (Fsp3) is 0.806. The van der Waals surface area contributed by atoms with E-state index in [4.69, 9.17) is 13.9 Å². The molecular weight excluding hydrogens is 482 g/mol. The van der Waals surface area contributed by atoms with E-state index in [1.807, 2.05) is 6.07 Å². The maximum atomic E-state index is 12.3. The van der Waals surface area contributed by atoms with Crippen molar-refractivity contribution in [2.75, 3.05) is 13.1 Å². The Labute approximate surface area is 225 Å². The van der Waals surface area contributed by atoms with Crippen LogP contribution in [0.15, 0.2) is 27.6 Å². The molecule has 7 nitrogen and oxygen atoms in total. The van der Waals surface area contributed by atoms with Crippen molar-refractivity contribution in [3.8, 4) is 0 Å². The minimum Gasteiger partial charge on any atom is -0.459 e. The first kappa shape index (κ1) is 25.3. The number of nitrogens with zero attached hydrogens (tertiary/aromatic N) is 1. The van der Waals surface area contributed by atoms with Crippen LogP contribution in [0, 0.1) is 22.7 Å². The molecule has 1 spiro atoms. The highest BCUT2D eigenvalue weighted by molar-refractivity contribution is 5.66. The normalized spacial score (nSPS) is 49.8. The van der Waals surface area contributed by atoms with E-state index in [9.17, 15) is 14.7 Å². The van der Waals surface area contributed by atoms with Crippen molar-refractivity contribution in [1.82, 2.24) is 4.90 Å². The Bertz CT molecular complexity index is 1160. The lowest BCUT2D eigenvalue weighted by molar-refractivity contribution is -0.220. The zero-order valence-corrected chi connectivity index (χ0v) is 23.1. The number of hydrogen-bond acceptors (Lipinski definition) is 7. The molecule has 6 fully saturated rings. The van der Waals surface area contributed by atoms with Gasteiger partial charge in [-0.25, -0.2) is 4.79 Å². The van der Waals surface area contributed by atoms with E-state index >= 15 is 0 Å². The fourth-order valence-corrected chi connectivity index (χ4v) is 10.7. The minimum atomic E-state index is -0.639. The van der Waals surface area contributed by atoms with Gasteiger partial charge in [-0.3, -0.25) is 4.79 Å². The highest BCUT2D eigenvalue weighted by Crippen LogP contribution is 2.78. The summed E-state index contributed by atoms with van der Waals surface area (Å²) in [5.74, 6) is 0.315. The molecule has 3 heterocycles. The number of rotatable bonds is 3. The summed E-state index contributed by atoms with van der Waals surface area (Å²) in [7, 11) is 0. The van der Waals surface area contributed by atoms with E-state index in [-0.39, 0.29) is 40.0 Å². The zero-order chi connectivity index (χ0) is 26.5. The van der Waals surface area contributed by atoms with Crippen LogP contribution < -0.4 is 5.63 Å². The lowest BCUT2D eigenvalue weighted by Crippen LogP contribution is -2.66. The van der Waals surface area contributed by atoms with Gasteiger partial charge in [-0.15, -0.1) is 0 Å². The Morgan fingerprint density at radius 2 is 1.76 bits per heavy atom. The second kappa shape index (κ2) is 8.40. The molecule has 6 aliphatic rings. The van der Waals surface area contributed by atoms with Gasteiger partial charge in [-0.05, 0) is 99.8 Å². The molecule has 4 saturated carbocycles. The number of carbonyl (C=O) groups is 1. The quantitative estimate of drug-likeness (QED) is 0.462. The molecule has 0 radical (unpaired) electrons. The molecule has 1 aromatic heterocycles. The number of ether oxygens (including phenoxy) is 2. The van der Waals surface area contributed by atoms with Gasteiger partial charge in [0.05, 0.1) is 11.9 Å². The highest BCUT2D eigenvalue weighted by atomic mass is 16.7. The van der Waals surface area contributed by atoms with Gasteiger partial charge in [0, 0.05) is 30.4 Å². The summed E-state index contributed by atoms with van der Waals surface area (Å²) in [4.78, 5) is 26.6. The van der Waals surface area contributed by atoms with Crippen LogP contribution in [0.3, 0.4) is 0 Å². The maximum Gasteiger partial charge on any atom is 0.335 e. The SMILES string of the molecule is CC(=O)O[C@H]1[C@H]2O[C@]23[C@@H]2CC[C@]4(O)C[C@@H](N5CCCCC5)CC[C@]4(C)[C@H]2CC[C@]3(C)[C@H]1c1ccc(=O)oc1. The van der Waals surface area contributed by atoms with Gasteiger partial charge in [-0.1, -0.05) is 20.3 Å². The number of aliphatic hydroxyl groups is 1. The Morgan fingerprint density at radius 3 is 2.47 bits per heavy atom. The number of carbonyl (C=O) groups excluding carboxylic acids is 1. The van der Waals surface area contributed by atoms with Gasteiger partial charge in [0.2, 0.25) is 0 Å². The molecule has 2 aliphatic heterocycles. The highest BCUT2D eigenvalue weighted by Gasteiger charge is 2.85. The summed E-state index contributed by atoms with van der Waals surface area (Å²) in [6, 6.07) is 3.81. The third kappa shape index (κ3) is 3.24. The average molecular weight is 526 g/mol. The molecule has 7 heteroatoms. The van der Waals surface area contributed by atoms with Gasteiger partial charge in [0.15, 0.2) is 0 Å². The number of hydrogen-bond donors (Lipinski definition) is 1. The van der Waals surface area contributed by atoms with E-state index in [1.54, 1.807) is 6.26 Å². The Kier molecular flexibility index (Phi) is 5.59. The lowest BCUT2D eigenvalue weighted by Gasteiger charge is -2.64. The predicted molar refractivity (Wildman–Crippen MR) is 141 cm³/mol. The summed E-state index contributed by atoms with van der Waals surface area (Å²) < 4.78 is 18.0. The van der Waals surface area contributed by atoms with E-state index in [2.05, 4.69) is 18.7 Å². The molecule has 0 bridgehead atoms. The lowest BCUT2D eigenvalue weighted by atomic mass is 9.42. The number of fused-ring (bicyclic) bond motifs is 3. The van der Waals surface area contributed by atoms with Crippen LogP contribution in [0.1, 0.15) is 96.5 Å². The van der Waals surface area contributed by atoms with Crippen LogP contribution in [0.5, 0.6) is 0 Å². The topological polar surface area (TPSA) is 92.5 Å². The number of esters is 1. The molecule has 0 unspecified atom stereocenters.